The van der Waals surface area contributed by atoms with Crippen LogP contribution in [0.15, 0.2) is 42.5 Å². The van der Waals surface area contributed by atoms with Crippen LogP contribution < -0.4 is 0 Å². The highest BCUT2D eigenvalue weighted by Crippen LogP contribution is 2.32. The fraction of sp³-hybridized carbons (Fsp3) is 0.294. The van der Waals surface area contributed by atoms with E-state index in [1.54, 1.807) is 0 Å². The Kier molecular flexibility index (Phi) is 3.26. The number of carbonyl (C=O) groups excluding carboxylic acids is 2. The lowest BCUT2D eigenvalue weighted by Crippen LogP contribution is -2.09. The third-order valence-electron chi connectivity index (χ3n) is 4.02. The van der Waals surface area contributed by atoms with Crippen LogP contribution in [-0.4, -0.2) is 16.1 Å². The number of aromatic nitrogens is 1. The van der Waals surface area contributed by atoms with Crippen molar-refractivity contribution in [3.05, 3.63) is 59.4 Å². The maximum Gasteiger partial charge on any atom is 0.209 e. The molecule has 1 aromatic carbocycles. The summed E-state index contributed by atoms with van der Waals surface area (Å²) in [5, 5.41) is 0. The number of nitrogens with zero attached hydrogens (tertiary/aromatic N) is 1. The first kappa shape index (κ1) is 12.9. The zero-order chi connectivity index (χ0) is 14.1. The summed E-state index contributed by atoms with van der Waals surface area (Å²) in [6, 6.07) is 13.1. The molecule has 2 heterocycles. The van der Waals surface area contributed by atoms with E-state index in [4.69, 9.17) is 0 Å². The summed E-state index contributed by atoms with van der Waals surface area (Å²) < 4.78 is 2.01. The van der Waals surface area contributed by atoms with Crippen LogP contribution in [0.25, 0.3) is 0 Å². The standard InChI is InChI=1S/C17H17NO2/c1-2-16(19)13-10-11-18-14(13)8-9-15(18)17(20)12-6-4-3-5-7-12/h3-9,13H,2,10-11H2,1H3. The topological polar surface area (TPSA) is 39.1 Å². The van der Waals surface area contributed by atoms with Crippen molar-refractivity contribution in [2.45, 2.75) is 32.2 Å². The van der Waals surface area contributed by atoms with Gasteiger partial charge in [-0.25, -0.2) is 0 Å². The van der Waals surface area contributed by atoms with Gasteiger partial charge in [0, 0.05) is 24.2 Å². The second-order valence-corrected chi connectivity index (χ2v) is 5.15. The van der Waals surface area contributed by atoms with Crippen LogP contribution >= 0.6 is 0 Å². The van der Waals surface area contributed by atoms with Crippen molar-refractivity contribution in [1.82, 2.24) is 4.57 Å². The molecule has 0 aliphatic carbocycles. The van der Waals surface area contributed by atoms with Gasteiger partial charge in [-0.15, -0.1) is 0 Å². The molecule has 0 saturated heterocycles. The van der Waals surface area contributed by atoms with Crippen LogP contribution in [-0.2, 0) is 11.3 Å². The number of rotatable bonds is 4. The van der Waals surface area contributed by atoms with Crippen molar-refractivity contribution in [3.8, 4) is 0 Å². The van der Waals surface area contributed by atoms with E-state index in [1.165, 1.54) is 0 Å². The Morgan fingerprint density at radius 2 is 1.90 bits per heavy atom. The van der Waals surface area contributed by atoms with E-state index in [1.807, 2.05) is 54.0 Å². The fourth-order valence-electron chi connectivity index (χ4n) is 2.95. The minimum Gasteiger partial charge on any atom is -0.341 e. The maximum absolute atomic E-state index is 12.5. The summed E-state index contributed by atoms with van der Waals surface area (Å²) in [5.41, 5.74) is 2.38. The van der Waals surface area contributed by atoms with Crippen LogP contribution in [0.4, 0.5) is 0 Å². The highest BCUT2D eigenvalue weighted by Gasteiger charge is 2.30. The Labute approximate surface area is 118 Å². The molecule has 102 valence electrons. The molecule has 3 heteroatoms. The van der Waals surface area contributed by atoms with Gasteiger partial charge in [0.1, 0.15) is 5.78 Å². The predicted octanol–water partition coefficient (Wildman–Crippen LogP) is 3.19. The number of benzene rings is 1. The SMILES string of the molecule is CCC(=O)C1CCn2c(C(=O)c3ccccc3)ccc21. The molecule has 0 spiro atoms. The van der Waals surface area contributed by atoms with E-state index in [0.717, 1.165) is 18.7 Å². The average Bonchev–Trinajstić information content (AvgIpc) is 3.08. The summed E-state index contributed by atoms with van der Waals surface area (Å²) in [7, 11) is 0. The lowest BCUT2D eigenvalue weighted by molar-refractivity contribution is -0.120. The highest BCUT2D eigenvalue weighted by atomic mass is 16.1. The minimum atomic E-state index is -0.0303. The van der Waals surface area contributed by atoms with Crippen molar-refractivity contribution in [2.24, 2.45) is 0 Å². The average molecular weight is 267 g/mol. The summed E-state index contributed by atoms with van der Waals surface area (Å²) in [6.45, 7) is 2.65. The molecule has 1 unspecified atom stereocenters. The first-order chi connectivity index (χ1) is 9.72. The molecule has 0 bridgehead atoms. The van der Waals surface area contributed by atoms with Crippen LogP contribution in [0.1, 0.15) is 47.4 Å². The van der Waals surface area contributed by atoms with E-state index in [-0.39, 0.29) is 17.5 Å². The van der Waals surface area contributed by atoms with Gasteiger partial charge in [-0.2, -0.15) is 0 Å². The number of hydrogen-bond donors (Lipinski definition) is 0. The maximum atomic E-state index is 12.5. The molecule has 0 radical (unpaired) electrons. The summed E-state index contributed by atoms with van der Waals surface area (Å²) in [4.78, 5) is 24.4. The quantitative estimate of drug-likeness (QED) is 0.798. The lowest BCUT2D eigenvalue weighted by atomic mass is 9.98. The van der Waals surface area contributed by atoms with Gasteiger partial charge >= 0.3 is 0 Å². The van der Waals surface area contributed by atoms with Gasteiger partial charge in [-0.3, -0.25) is 9.59 Å². The molecule has 2 aromatic rings. The molecule has 0 fully saturated rings. The van der Waals surface area contributed by atoms with Crippen LogP contribution in [0.2, 0.25) is 0 Å². The largest absolute Gasteiger partial charge is 0.341 e. The molecule has 1 aliphatic heterocycles. The van der Waals surface area contributed by atoms with E-state index < -0.39 is 0 Å². The molecule has 20 heavy (non-hydrogen) atoms. The molecule has 0 amide bonds. The van der Waals surface area contributed by atoms with E-state index >= 15 is 0 Å². The second-order valence-electron chi connectivity index (χ2n) is 5.15. The normalized spacial score (nSPS) is 16.9. The summed E-state index contributed by atoms with van der Waals surface area (Å²) >= 11 is 0. The molecule has 1 atom stereocenters. The first-order valence-electron chi connectivity index (χ1n) is 7.04. The van der Waals surface area contributed by atoms with Crippen LogP contribution in [0, 0.1) is 0 Å². The Morgan fingerprint density at radius 3 is 2.60 bits per heavy atom. The zero-order valence-corrected chi connectivity index (χ0v) is 11.5. The Morgan fingerprint density at radius 1 is 1.15 bits per heavy atom. The Balaban J connectivity index is 1.95. The second kappa shape index (κ2) is 5.08. The molecular weight excluding hydrogens is 250 g/mol. The lowest BCUT2D eigenvalue weighted by Gasteiger charge is -2.06. The molecular formula is C17H17NO2. The molecule has 3 nitrogen and oxygen atoms in total. The van der Waals surface area contributed by atoms with Gasteiger partial charge in [0.05, 0.1) is 11.6 Å². The Bertz CT molecular complexity index is 655. The Hall–Kier alpha value is -2.16. The third kappa shape index (κ3) is 1.99. The van der Waals surface area contributed by atoms with Crippen LogP contribution in [0.5, 0.6) is 0 Å². The molecule has 3 rings (SSSR count). The van der Waals surface area contributed by atoms with Crippen molar-refractivity contribution in [3.63, 3.8) is 0 Å². The van der Waals surface area contributed by atoms with Crippen molar-refractivity contribution < 1.29 is 9.59 Å². The van der Waals surface area contributed by atoms with Gasteiger partial charge in [0.2, 0.25) is 5.78 Å². The van der Waals surface area contributed by atoms with E-state index in [9.17, 15) is 9.59 Å². The number of ketones is 2. The van der Waals surface area contributed by atoms with Gasteiger partial charge in [-0.05, 0) is 18.6 Å². The van der Waals surface area contributed by atoms with E-state index in [2.05, 4.69) is 0 Å². The molecule has 0 saturated carbocycles. The van der Waals surface area contributed by atoms with Crippen molar-refractivity contribution in [1.29, 1.82) is 0 Å². The zero-order valence-electron chi connectivity index (χ0n) is 11.5. The van der Waals surface area contributed by atoms with Gasteiger partial charge < -0.3 is 4.57 Å². The molecule has 1 aromatic heterocycles. The molecule has 0 N–H and O–H groups in total. The van der Waals surface area contributed by atoms with Crippen molar-refractivity contribution in [2.75, 3.05) is 0 Å². The number of hydrogen-bond acceptors (Lipinski definition) is 2. The summed E-state index contributed by atoms with van der Waals surface area (Å²) in [6.07, 6.45) is 1.37. The minimum absolute atomic E-state index is 0.0291. The van der Waals surface area contributed by atoms with Crippen molar-refractivity contribution >= 4 is 11.6 Å². The van der Waals surface area contributed by atoms with Crippen LogP contribution in [0.3, 0.4) is 0 Å². The first-order valence-corrected chi connectivity index (χ1v) is 7.04. The summed E-state index contributed by atoms with van der Waals surface area (Å²) in [5.74, 6) is 0.263. The smallest absolute Gasteiger partial charge is 0.209 e. The van der Waals surface area contributed by atoms with Gasteiger partial charge in [0.15, 0.2) is 0 Å². The fourth-order valence-corrected chi connectivity index (χ4v) is 2.95. The van der Waals surface area contributed by atoms with Gasteiger partial charge in [-0.1, -0.05) is 37.3 Å². The number of Topliss-reactive ketones (excluding diaryl/α,β-unsaturated/α-hetero) is 1. The van der Waals surface area contributed by atoms with Gasteiger partial charge in [0.25, 0.3) is 0 Å². The monoisotopic (exact) mass is 267 g/mol. The predicted molar refractivity (Wildman–Crippen MR) is 77.0 cm³/mol. The number of fused-ring (bicyclic) bond motifs is 1. The third-order valence-corrected chi connectivity index (χ3v) is 4.02. The highest BCUT2D eigenvalue weighted by molar-refractivity contribution is 6.08. The van der Waals surface area contributed by atoms with E-state index in [0.29, 0.717) is 17.7 Å². The number of carbonyl (C=O) groups is 2. The molecule has 1 aliphatic rings.